The maximum absolute atomic E-state index is 13.2. The van der Waals surface area contributed by atoms with E-state index in [9.17, 15) is 4.39 Å². The summed E-state index contributed by atoms with van der Waals surface area (Å²) in [5.74, 6) is 2.25. The molecule has 2 aromatic heterocycles. The van der Waals surface area contributed by atoms with Crippen LogP contribution in [0.15, 0.2) is 63.2 Å². The number of hydrogen-bond acceptors (Lipinski definition) is 9. The lowest BCUT2D eigenvalue weighted by Gasteiger charge is -2.31. The van der Waals surface area contributed by atoms with Crippen LogP contribution in [0, 0.1) is 12.7 Å². The zero-order valence-electron chi connectivity index (χ0n) is 17.1. The fourth-order valence-corrected chi connectivity index (χ4v) is 3.54. The lowest BCUT2D eigenvalue weighted by molar-refractivity contribution is 0.286. The largest absolute Gasteiger partial charge is 0.472 e. The SMILES string of the molecule is Cc1onc(-c2ccc(F)cc2)c1COc1ccc(N2C=C3N=NC(C)N3CC2)nn1. The lowest BCUT2D eigenvalue weighted by atomic mass is 10.1. The Morgan fingerprint density at radius 2 is 1.97 bits per heavy atom. The monoisotopic (exact) mass is 421 g/mol. The molecule has 4 heterocycles. The zero-order valence-corrected chi connectivity index (χ0v) is 17.1. The van der Waals surface area contributed by atoms with E-state index >= 15 is 0 Å². The molecule has 1 unspecified atom stereocenters. The molecule has 9 nitrogen and oxygen atoms in total. The second kappa shape index (κ2) is 7.78. The first-order valence-electron chi connectivity index (χ1n) is 9.92. The van der Waals surface area contributed by atoms with Gasteiger partial charge in [-0.25, -0.2) is 4.39 Å². The summed E-state index contributed by atoms with van der Waals surface area (Å²) in [6.45, 7) is 5.62. The number of halogens is 1. The summed E-state index contributed by atoms with van der Waals surface area (Å²) < 4.78 is 24.4. The number of rotatable bonds is 5. The van der Waals surface area contributed by atoms with E-state index in [2.05, 4.69) is 30.5 Å². The van der Waals surface area contributed by atoms with Gasteiger partial charge < -0.3 is 19.1 Å². The molecule has 2 aliphatic rings. The van der Waals surface area contributed by atoms with Crippen LogP contribution in [-0.2, 0) is 6.61 Å². The predicted octanol–water partition coefficient (Wildman–Crippen LogP) is 3.89. The van der Waals surface area contributed by atoms with Crippen LogP contribution >= 0.6 is 0 Å². The van der Waals surface area contributed by atoms with Crippen molar-refractivity contribution in [2.75, 3.05) is 18.0 Å². The third-order valence-electron chi connectivity index (χ3n) is 5.31. The molecular weight excluding hydrogens is 401 g/mol. The number of aromatic nitrogens is 3. The fraction of sp³-hybridized carbons (Fsp3) is 0.286. The standard InChI is InChI=1S/C21H20FN7O2/c1-13-17(21(27-31-13)15-3-5-16(22)6-4-15)12-30-20-8-7-18(24-26-20)28-9-10-29-14(2)23-25-19(29)11-28/h3-8,11,14H,9-10,12H2,1-2H3. The van der Waals surface area contributed by atoms with Gasteiger partial charge in [-0.3, -0.25) is 0 Å². The molecule has 0 bridgehead atoms. The molecule has 0 aliphatic carbocycles. The Kier molecular flexibility index (Phi) is 4.81. The minimum atomic E-state index is -0.306. The minimum absolute atomic E-state index is 0.0796. The fourth-order valence-electron chi connectivity index (χ4n) is 3.54. The van der Waals surface area contributed by atoms with Gasteiger partial charge in [-0.2, -0.15) is 5.11 Å². The van der Waals surface area contributed by atoms with E-state index in [1.807, 2.05) is 31.0 Å². The van der Waals surface area contributed by atoms with E-state index in [0.29, 0.717) is 23.2 Å². The van der Waals surface area contributed by atoms with Gasteiger partial charge in [-0.15, -0.1) is 15.3 Å². The Morgan fingerprint density at radius 1 is 1.13 bits per heavy atom. The molecule has 10 heteroatoms. The molecule has 0 saturated carbocycles. The van der Waals surface area contributed by atoms with Crippen molar-refractivity contribution < 1.29 is 13.7 Å². The lowest BCUT2D eigenvalue weighted by Crippen LogP contribution is -2.39. The first kappa shape index (κ1) is 19.2. The maximum atomic E-state index is 13.2. The van der Waals surface area contributed by atoms with Crippen LogP contribution in [0.5, 0.6) is 5.88 Å². The molecule has 1 atom stereocenters. The smallest absolute Gasteiger partial charge is 0.233 e. The van der Waals surface area contributed by atoms with E-state index in [1.54, 1.807) is 18.2 Å². The first-order valence-corrected chi connectivity index (χ1v) is 9.92. The van der Waals surface area contributed by atoms with Crippen molar-refractivity contribution in [3.8, 4) is 17.1 Å². The van der Waals surface area contributed by atoms with Crippen molar-refractivity contribution in [3.63, 3.8) is 0 Å². The van der Waals surface area contributed by atoms with E-state index in [0.717, 1.165) is 30.0 Å². The summed E-state index contributed by atoms with van der Waals surface area (Å²) >= 11 is 0. The summed E-state index contributed by atoms with van der Waals surface area (Å²) in [4.78, 5) is 4.14. The summed E-state index contributed by atoms with van der Waals surface area (Å²) in [5.41, 5.74) is 2.15. The number of benzene rings is 1. The van der Waals surface area contributed by atoms with Gasteiger partial charge in [-0.05, 0) is 44.2 Å². The van der Waals surface area contributed by atoms with Gasteiger partial charge in [0.2, 0.25) is 5.88 Å². The Balaban J connectivity index is 1.28. The zero-order chi connectivity index (χ0) is 21.4. The van der Waals surface area contributed by atoms with Crippen LogP contribution in [0.25, 0.3) is 11.3 Å². The number of azo groups is 1. The van der Waals surface area contributed by atoms with E-state index in [-0.39, 0.29) is 18.6 Å². The van der Waals surface area contributed by atoms with Crippen LogP contribution in [0.1, 0.15) is 18.2 Å². The van der Waals surface area contributed by atoms with Crippen molar-refractivity contribution in [2.24, 2.45) is 10.2 Å². The van der Waals surface area contributed by atoms with Gasteiger partial charge in [0.05, 0.1) is 11.8 Å². The molecule has 0 amide bonds. The van der Waals surface area contributed by atoms with Gasteiger partial charge in [-0.1, -0.05) is 5.16 Å². The number of hydrogen-bond donors (Lipinski definition) is 0. The number of ether oxygens (including phenoxy) is 1. The van der Waals surface area contributed by atoms with Crippen LogP contribution in [-0.4, -0.2) is 39.5 Å². The number of fused-ring (bicyclic) bond motifs is 1. The third-order valence-corrected chi connectivity index (χ3v) is 5.31. The molecule has 158 valence electrons. The number of aryl methyl sites for hydroxylation is 1. The minimum Gasteiger partial charge on any atom is -0.472 e. The number of nitrogens with zero attached hydrogens (tertiary/aromatic N) is 7. The van der Waals surface area contributed by atoms with Gasteiger partial charge in [0.15, 0.2) is 11.6 Å². The first-order chi connectivity index (χ1) is 15.1. The second-order valence-corrected chi connectivity index (χ2v) is 7.31. The van der Waals surface area contributed by atoms with E-state index < -0.39 is 0 Å². The van der Waals surface area contributed by atoms with Crippen molar-refractivity contribution in [1.29, 1.82) is 0 Å². The highest BCUT2D eigenvalue weighted by molar-refractivity contribution is 5.63. The Morgan fingerprint density at radius 3 is 2.74 bits per heavy atom. The van der Waals surface area contributed by atoms with Crippen LogP contribution < -0.4 is 9.64 Å². The van der Waals surface area contributed by atoms with Gasteiger partial charge in [0.25, 0.3) is 0 Å². The maximum Gasteiger partial charge on any atom is 0.233 e. The van der Waals surface area contributed by atoms with Gasteiger partial charge in [0, 0.05) is 24.7 Å². The van der Waals surface area contributed by atoms with Crippen molar-refractivity contribution in [2.45, 2.75) is 26.6 Å². The van der Waals surface area contributed by atoms with Gasteiger partial charge >= 0.3 is 0 Å². The van der Waals surface area contributed by atoms with Crippen LogP contribution in [0.4, 0.5) is 10.2 Å². The molecule has 0 N–H and O–H groups in total. The van der Waals surface area contributed by atoms with Crippen molar-refractivity contribution >= 4 is 5.82 Å². The quantitative estimate of drug-likeness (QED) is 0.617. The Bertz CT molecular complexity index is 1140. The molecule has 2 aliphatic heterocycles. The molecule has 1 aromatic carbocycles. The summed E-state index contributed by atoms with van der Waals surface area (Å²) in [6, 6.07) is 9.71. The molecule has 0 radical (unpaired) electrons. The highest BCUT2D eigenvalue weighted by atomic mass is 19.1. The molecule has 0 fully saturated rings. The second-order valence-electron chi connectivity index (χ2n) is 7.31. The Labute approximate surface area is 177 Å². The van der Waals surface area contributed by atoms with Gasteiger partial charge in [0.1, 0.15) is 30.0 Å². The van der Waals surface area contributed by atoms with Crippen molar-refractivity contribution in [1.82, 2.24) is 20.3 Å². The summed E-state index contributed by atoms with van der Waals surface area (Å²) in [5, 5.41) is 20.9. The number of anilines is 1. The molecule has 31 heavy (non-hydrogen) atoms. The van der Waals surface area contributed by atoms with E-state index in [1.165, 1.54) is 12.1 Å². The molecule has 0 spiro atoms. The highest BCUT2D eigenvalue weighted by Crippen LogP contribution is 2.28. The normalized spacial score (nSPS) is 17.6. The van der Waals surface area contributed by atoms with Crippen molar-refractivity contribution in [3.05, 3.63) is 65.6 Å². The summed E-state index contributed by atoms with van der Waals surface area (Å²) in [7, 11) is 0. The highest BCUT2D eigenvalue weighted by Gasteiger charge is 2.27. The average molecular weight is 421 g/mol. The molecule has 0 saturated heterocycles. The average Bonchev–Trinajstić information content (AvgIpc) is 3.35. The van der Waals surface area contributed by atoms with Crippen LogP contribution in [0.2, 0.25) is 0 Å². The predicted molar refractivity (Wildman–Crippen MR) is 109 cm³/mol. The Hall–Kier alpha value is -3.82. The van der Waals surface area contributed by atoms with Crippen LogP contribution in [0.3, 0.4) is 0 Å². The molecular formula is C21H20FN7O2. The summed E-state index contributed by atoms with van der Waals surface area (Å²) in [6.07, 6.45) is 2.01. The topological polar surface area (TPSA) is 92.2 Å². The molecule has 5 rings (SSSR count). The van der Waals surface area contributed by atoms with E-state index in [4.69, 9.17) is 9.26 Å². The molecule has 3 aromatic rings. The third kappa shape index (κ3) is 3.72.